The molecule has 0 heterocycles. The molecule has 1 N–H and O–H groups in total. The number of methoxy groups -OCH3 is 1. The predicted molar refractivity (Wildman–Crippen MR) is 78.0 cm³/mol. The third kappa shape index (κ3) is 4.20. The van der Waals surface area contributed by atoms with Gasteiger partial charge in [-0.25, -0.2) is 4.39 Å². The summed E-state index contributed by atoms with van der Waals surface area (Å²) in [6.07, 6.45) is 0.906. The maximum absolute atomic E-state index is 14.1. The lowest BCUT2D eigenvalue weighted by Crippen LogP contribution is -2.26. The first-order valence-electron chi connectivity index (χ1n) is 6.80. The normalized spacial score (nSPS) is 15.1. The van der Waals surface area contributed by atoms with Crippen molar-refractivity contribution in [3.8, 4) is 5.75 Å². The lowest BCUT2D eigenvalue weighted by Gasteiger charge is -2.31. The van der Waals surface area contributed by atoms with Gasteiger partial charge in [0.05, 0.1) is 7.11 Å². The summed E-state index contributed by atoms with van der Waals surface area (Å²) in [7, 11) is 3.43. The van der Waals surface area contributed by atoms with Crippen molar-refractivity contribution in [2.75, 3.05) is 14.2 Å². The van der Waals surface area contributed by atoms with Crippen molar-refractivity contribution in [1.82, 2.24) is 5.32 Å². The quantitative estimate of drug-likeness (QED) is 0.864. The number of hydrogen-bond acceptors (Lipinski definition) is 2. The molecule has 2 atom stereocenters. The first-order chi connectivity index (χ1) is 8.79. The van der Waals surface area contributed by atoms with E-state index in [-0.39, 0.29) is 17.3 Å². The van der Waals surface area contributed by atoms with E-state index >= 15 is 0 Å². The molecule has 0 aliphatic rings. The minimum absolute atomic E-state index is 0.0279. The van der Waals surface area contributed by atoms with Crippen molar-refractivity contribution in [2.45, 2.75) is 40.2 Å². The fraction of sp³-hybridized carbons (Fsp3) is 0.625. The molecule has 0 radical (unpaired) electrons. The number of halogens is 1. The van der Waals surface area contributed by atoms with Gasteiger partial charge in [-0.15, -0.1) is 0 Å². The van der Waals surface area contributed by atoms with E-state index in [2.05, 4.69) is 33.0 Å². The topological polar surface area (TPSA) is 21.3 Å². The Labute approximate surface area is 116 Å². The molecule has 1 aromatic rings. The van der Waals surface area contributed by atoms with Gasteiger partial charge in [-0.3, -0.25) is 0 Å². The highest BCUT2D eigenvalue weighted by atomic mass is 19.1. The van der Waals surface area contributed by atoms with Crippen LogP contribution in [0.5, 0.6) is 5.75 Å². The van der Waals surface area contributed by atoms with Crippen molar-refractivity contribution >= 4 is 0 Å². The Morgan fingerprint density at radius 2 is 1.95 bits per heavy atom. The first kappa shape index (κ1) is 16.0. The van der Waals surface area contributed by atoms with E-state index in [0.717, 1.165) is 6.42 Å². The van der Waals surface area contributed by atoms with Crippen LogP contribution < -0.4 is 10.1 Å². The molecular formula is C16H26FNO. The Balaban J connectivity index is 2.92. The molecule has 2 nitrogen and oxygen atoms in total. The largest absolute Gasteiger partial charge is 0.497 e. The van der Waals surface area contributed by atoms with E-state index in [1.54, 1.807) is 7.11 Å². The fourth-order valence-electron chi connectivity index (χ4n) is 2.02. The molecular weight excluding hydrogens is 241 g/mol. The Hall–Kier alpha value is -1.09. The summed E-state index contributed by atoms with van der Waals surface area (Å²) in [6.45, 7) is 8.87. The summed E-state index contributed by atoms with van der Waals surface area (Å²) in [5, 5.41) is 3.22. The minimum Gasteiger partial charge on any atom is -0.497 e. The Morgan fingerprint density at radius 3 is 2.37 bits per heavy atom. The Bertz CT molecular complexity index is 412. The summed E-state index contributed by atoms with van der Waals surface area (Å²) in [5.41, 5.74) is 0.928. The standard InChI is InChI=1S/C16H26FNO/c1-11(16(2,3)4)9-15(18-5)13-8-7-12(19-6)10-14(13)17/h7-8,10-11,15,18H,9H2,1-6H3. The van der Waals surface area contributed by atoms with Crippen LogP contribution in [-0.4, -0.2) is 14.2 Å². The van der Waals surface area contributed by atoms with E-state index < -0.39 is 0 Å². The van der Waals surface area contributed by atoms with Gasteiger partial charge in [-0.05, 0) is 30.9 Å². The van der Waals surface area contributed by atoms with E-state index in [1.807, 2.05) is 19.2 Å². The second-order valence-electron chi connectivity index (χ2n) is 6.23. The van der Waals surface area contributed by atoms with Crippen molar-refractivity contribution in [1.29, 1.82) is 0 Å². The van der Waals surface area contributed by atoms with Gasteiger partial charge in [0.15, 0.2) is 0 Å². The van der Waals surface area contributed by atoms with Crippen LogP contribution in [0.4, 0.5) is 4.39 Å². The van der Waals surface area contributed by atoms with E-state index in [4.69, 9.17) is 4.74 Å². The molecule has 19 heavy (non-hydrogen) atoms. The maximum atomic E-state index is 14.1. The molecule has 0 fully saturated rings. The van der Waals surface area contributed by atoms with Gasteiger partial charge in [-0.1, -0.05) is 33.8 Å². The smallest absolute Gasteiger partial charge is 0.131 e. The summed E-state index contributed by atoms with van der Waals surface area (Å²) in [4.78, 5) is 0. The summed E-state index contributed by atoms with van der Waals surface area (Å²) < 4.78 is 19.1. The van der Waals surface area contributed by atoms with Gasteiger partial charge < -0.3 is 10.1 Å². The van der Waals surface area contributed by atoms with Crippen LogP contribution >= 0.6 is 0 Å². The highest BCUT2D eigenvalue weighted by Gasteiger charge is 2.25. The van der Waals surface area contributed by atoms with Gasteiger partial charge in [0.2, 0.25) is 0 Å². The average molecular weight is 267 g/mol. The van der Waals surface area contributed by atoms with Crippen LogP contribution in [-0.2, 0) is 0 Å². The highest BCUT2D eigenvalue weighted by molar-refractivity contribution is 5.30. The van der Waals surface area contributed by atoms with Crippen molar-refractivity contribution in [3.05, 3.63) is 29.6 Å². The van der Waals surface area contributed by atoms with Crippen LogP contribution in [0.1, 0.15) is 45.7 Å². The zero-order valence-electron chi connectivity index (χ0n) is 12.9. The highest BCUT2D eigenvalue weighted by Crippen LogP contribution is 2.34. The number of nitrogens with one attached hydrogen (secondary N) is 1. The Morgan fingerprint density at radius 1 is 1.32 bits per heavy atom. The minimum atomic E-state index is -0.209. The fourth-order valence-corrected chi connectivity index (χ4v) is 2.02. The molecule has 3 heteroatoms. The van der Waals surface area contributed by atoms with Gasteiger partial charge in [0, 0.05) is 17.7 Å². The number of ether oxygens (including phenoxy) is 1. The van der Waals surface area contributed by atoms with Gasteiger partial charge in [0.1, 0.15) is 11.6 Å². The summed E-state index contributed by atoms with van der Waals surface area (Å²) in [6, 6.07) is 5.09. The second-order valence-corrected chi connectivity index (χ2v) is 6.23. The Kier molecular flexibility index (Phi) is 5.36. The third-order valence-corrected chi connectivity index (χ3v) is 4.00. The molecule has 0 saturated carbocycles. The van der Waals surface area contributed by atoms with Crippen LogP contribution in [0.3, 0.4) is 0 Å². The molecule has 0 aromatic heterocycles. The molecule has 0 spiro atoms. The van der Waals surface area contributed by atoms with Gasteiger partial charge in [-0.2, -0.15) is 0 Å². The molecule has 108 valence electrons. The lowest BCUT2D eigenvalue weighted by atomic mass is 9.77. The maximum Gasteiger partial charge on any atom is 0.131 e. The molecule has 0 aliphatic carbocycles. The van der Waals surface area contributed by atoms with E-state index in [0.29, 0.717) is 17.2 Å². The van der Waals surface area contributed by atoms with Crippen molar-refractivity contribution in [2.24, 2.45) is 11.3 Å². The molecule has 2 unspecified atom stereocenters. The molecule has 0 bridgehead atoms. The average Bonchev–Trinajstić information content (AvgIpc) is 2.34. The molecule has 0 amide bonds. The zero-order valence-corrected chi connectivity index (χ0v) is 12.9. The number of rotatable bonds is 5. The predicted octanol–water partition coefficient (Wildman–Crippen LogP) is 4.17. The van der Waals surface area contributed by atoms with E-state index in [9.17, 15) is 4.39 Å². The van der Waals surface area contributed by atoms with Gasteiger partial charge >= 0.3 is 0 Å². The summed E-state index contributed by atoms with van der Waals surface area (Å²) >= 11 is 0. The second kappa shape index (κ2) is 6.38. The summed E-state index contributed by atoms with van der Waals surface area (Å²) in [5.74, 6) is 0.839. The monoisotopic (exact) mass is 267 g/mol. The van der Waals surface area contributed by atoms with Crippen LogP contribution in [0.2, 0.25) is 0 Å². The van der Waals surface area contributed by atoms with E-state index in [1.165, 1.54) is 6.07 Å². The molecule has 0 saturated heterocycles. The SMILES string of the molecule is CNC(CC(C)C(C)(C)C)c1ccc(OC)cc1F. The van der Waals surface area contributed by atoms with Crippen molar-refractivity contribution < 1.29 is 9.13 Å². The first-order valence-corrected chi connectivity index (χ1v) is 6.80. The van der Waals surface area contributed by atoms with Crippen LogP contribution in [0.15, 0.2) is 18.2 Å². The molecule has 0 aliphatic heterocycles. The van der Waals surface area contributed by atoms with Crippen molar-refractivity contribution in [3.63, 3.8) is 0 Å². The third-order valence-electron chi connectivity index (χ3n) is 4.00. The lowest BCUT2D eigenvalue weighted by molar-refractivity contribution is 0.224. The number of hydrogen-bond donors (Lipinski definition) is 1. The molecule has 1 rings (SSSR count). The van der Waals surface area contributed by atoms with Crippen LogP contribution in [0, 0.1) is 17.2 Å². The van der Waals surface area contributed by atoms with Gasteiger partial charge in [0.25, 0.3) is 0 Å². The van der Waals surface area contributed by atoms with Crippen LogP contribution in [0.25, 0.3) is 0 Å². The zero-order chi connectivity index (χ0) is 14.6. The number of benzene rings is 1. The molecule has 1 aromatic carbocycles.